The Morgan fingerprint density at radius 2 is 2.00 bits per heavy atom. The van der Waals surface area contributed by atoms with Crippen molar-refractivity contribution in [3.63, 3.8) is 0 Å². The number of amides is 1. The van der Waals surface area contributed by atoms with Crippen LogP contribution in [0.4, 0.5) is 0 Å². The standard InChI is InChI=1S/C15H20N4O2/c1-4-18(11-15(2,3)21)14(20)12-5-7-13(8-6-12)19-10-9-16-17-19/h5-10,21H,4,11H2,1-3H3. The van der Waals surface area contributed by atoms with Gasteiger partial charge in [0.05, 0.1) is 23.7 Å². The van der Waals surface area contributed by atoms with Gasteiger partial charge < -0.3 is 10.0 Å². The molecule has 0 aliphatic heterocycles. The summed E-state index contributed by atoms with van der Waals surface area (Å²) in [6.45, 7) is 6.13. The molecule has 0 fully saturated rings. The summed E-state index contributed by atoms with van der Waals surface area (Å²) >= 11 is 0. The molecule has 112 valence electrons. The van der Waals surface area contributed by atoms with Crippen molar-refractivity contribution < 1.29 is 9.90 Å². The predicted molar refractivity (Wildman–Crippen MR) is 79.2 cm³/mol. The van der Waals surface area contributed by atoms with Crippen molar-refractivity contribution in [1.82, 2.24) is 19.9 Å². The van der Waals surface area contributed by atoms with E-state index in [1.807, 2.05) is 19.1 Å². The van der Waals surface area contributed by atoms with Gasteiger partial charge in [-0.15, -0.1) is 5.10 Å². The van der Waals surface area contributed by atoms with Gasteiger partial charge in [-0.25, -0.2) is 4.68 Å². The third-order valence-electron chi connectivity index (χ3n) is 3.05. The number of likely N-dealkylation sites (N-methyl/N-ethyl adjacent to an activating group) is 1. The van der Waals surface area contributed by atoms with Crippen molar-refractivity contribution in [3.8, 4) is 5.69 Å². The van der Waals surface area contributed by atoms with Crippen molar-refractivity contribution >= 4 is 5.91 Å². The lowest BCUT2D eigenvalue weighted by molar-refractivity contribution is 0.0314. The van der Waals surface area contributed by atoms with Crippen LogP contribution >= 0.6 is 0 Å². The first-order valence-electron chi connectivity index (χ1n) is 6.89. The van der Waals surface area contributed by atoms with Crippen molar-refractivity contribution in [2.45, 2.75) is 26.4 Å². The summed E-state index contributed by atoms with van der Waals surface area (Å²) in [5.41, 5.74) is 0.520. The molecule has 6 nitrogen and oxygen atoms in total. The van der Waals surface area contributed by atoms with Crippen LogP contribution in [0.15, 0.2) is 36.7 Å². The Balaban J connectivity index is 2.15. The fourth-order valence-corrected chi connectivity index (χ4v) is 2.08. The smallest absolute Gasteiger partial charge is 0.253 e. The van der Waals surface area contributed by atoms with Crippen LogP contribution < -0.4 is 0 Å². The molecular formula is C15H20N4O2. The maximum Gasteiger partial charge on any atom is 0.253 e. The molecule has 2 rings (SSSR count). The zero-order valence-electron chi connectivity index (χ0n) is 12.5. The minimum atomic E-state index is -0.910. The molecule has 0 saturated heterocycles. The molecule has 0 saturated carbocycles. The van der Waals surface area contributed by atoms with Gasteiger partial charge in [-0.2, -0.15) is 0 Å². The number of hydrogen-bond donors (Lipinski definition) is 1. The zero-order valence-corrected chi connectivity index (χ0v) is 12.5. The van der Waals surface area contributed by atoms with Gasteiger partial charge in [-0.05, 0) is 45.0 Å². The number of benzene rings is 1. The molecule has 1 N–H and O–H groups in total. The molecule has 21 heavy (non-hydrogen) atoms. The van der Waals surface area contributed by atoms with Gasteiger partial charge >= 0.3 is 0 Å². The fourth-order valence-electron chi connectivity index (χ4n) is 2.08. The average Bonchev–Trinajstić information content (AvgIpc) is 2.97. The van der Waals surface area contributed by atoms with Crippen LogP contribution in [0.5, 0.6) is 0 Å². The van der Waals surface area contributed by atoms with E-state index in [-0.39, 0.29) is 5.91 Å². The van der Waals surface area contributed by atoms with Gasteiger partial charge in [0, 0.05) is 18.7 Å². The van der Waals surface area contributed by atoms with Crippen LogP contribution in [-0.4, -0.2) is 49.6 Å². The lowest BCUT2D eigenvalue weighted by Gasteiger charge is -2.28. The molecular weight excluding hydrogens is 268 g/mol. The monoisotopic (exact) mass is 288 g/mol. The topological polar surface area (TPSA) is 71.2 Å². The van der Waals surface area contributed by atoms with Crippen LogP contribution in [0.2, 0.25) is 0 Å². The average molecular weight is 288 g/mol. The van der Waals surface area contributed by atoms with Crippen LogP contribution in [-0.2, 0) is 0 Å². The van der Waals surface area contributed by atoms with E-state index in [2.05, 4.69) is 10.3 Å². The molecule has 1 aromatic carbocycles. The van der Waals surface area contributed by atoms with Gasteiger partial charge in [0.2, 0.25) is 0 Å². The van der Waals surface area contributed by atoms with Gasteiger partial charge in [-0.1, -0.05) is 5.21 Å². The number of carbonyl (C=O) groups excluding carboxylic acids is 1. The van der Waals surface area contributed by atoms with Crippen LogP contribution in [0.1, 0.15) is 31.1 Å². The van der Waals surface area contributed by atoms with E-state index in [0.717, 1.165) is 5.69 Å². The highest BCUT2D eigenvalue weighted by Crippen LogP contribution is 2.13. The van der Waals surface area contributed by atoms with Gasteiger partial charge in [-0.3, -0.25) is 4.79 Å². The van der Waals surface area contributed by atoms with Crippen LogP contribution in [0.25, 0.3) is 5.69 Å². The third kappa shape index (κ3) is 3.88. The minimum absolute atomic E-state index is 0.0928. The van der Waals surface area contributed by atoms with E-state index >= 15 is 0 Å². The molecule has 1 aromatic heterocycles. The molecule has 0 atom stereocenters. The summed E-state index contributed by atoms with van der Waals surface area (Å²) < 4.78 is 1.63. The highest BCUT2D eigenvalue weighted by molar-refractivity contribution is 5.94. The summed E-state index contributed by atoms with van der Waals surface area (Å²) in [7, 11) is 0. The Morgan fingerprint density at radius 1 is 1.33 bits per heavy atom. The summed E-state index contributed by atoms with van der Waals surface area (Å²) in [6, 6.07) is 7.15. The normalized spacial score (nSPS) is 11.4. The first-order valence-corrected chi connectivity index (χ1v) is 6.89. The molecule has 1 amide bonds. The molecule has 0 spiro atoms. The lowest BCUT2D eigenvalue weighted by Crippen LogP contribution is -2.42. The first-order chi connectivity index (χ1) is 9.90. The number of carbonyl (C=O) groups is 1. The van der Waals surface area contributed by atoms with E-state index in [1.54, 1.807) is 48.0 Å². The summed E-state index contributed by atoms with van der Waals surface area (Å²) in [4.78, 5) is 14.1. The minimum Gasteiger partial charge on any atom is -0.389 e. The molecule has 2 aromatic rings. The number of hydrogen-bond acceptors (Lipinski definition) is 4. The second-order valence-corrected chi connectivity index (χ2v) is 5.53. The summed E-state index contributed by atoms with van der Waals surface area (Å²) in [5.74, 6) is -0.0928. The van der Waals surface area contributed by atoms with Gasteiger partial charge in [0.25, 0.3) is 5.91 Å². The Morgan fingerprint density at radius 3 is 2.48 bits per heavy atom. The summed E-state index contributed by atoms with van der Waals surface area (Å²) in [6.07, 6.45) is 3.34. The molecule has 1 heterocycles. The first kappa shape index (κ1) is 15.2. The highest BCUT2D eigenvalue weighted by atomic mass is 16.3. The fraction of sp³-hybridized carbons (Fsp3) is 0.400. The van der Waals surface area contributed by atoms with E-state index in [4.69, 9.17) is 0 Å². The van der Waals surface area contributed by atoms with E-state index in [1.165, 1.54) is 0 Å². The SMILES string of the molecule is CCN(CC(C)(C)O)C(=O)c1ccc(-n2ccnn2)cc1. The van der Waals surface area contributed by atoms with E-state index < -0.39 is 5.60 Å². The largest absolute Gasteiger partial charge is 0.389 e. The number of rotatable bonds is 5. The van der Waals surface area contributed by atoms with Crippen molar-refractivity contribution in [3.05, 3.63) is 42.2 Å². The molecule has 0 unspecified atom stereocenters. The zero-order chi connectivity index (χ0) is 15.5. The number of aliphatic hydroxyl groups is 1. The van der Waals surface area contributed by atoms with E-state index in [9.17, 15) is 9.90 Å². The van der Waals surface area contributed by atoms with Crippen molar-refractivity contribution in [2.24, 2.45) is 0 Å². The molecule has 0 aliphatic carbocycles. The summed E-state index contributed by atoms with van der Waals surface area (Å²) in [5, 5.41) is 17.5. The lowest BCUT2D eigenvalue weighted by atomic mass is 10.1. The quantitative estimate of drug-likeness (QED) is 0.905. The molecule has 0 bridgehead atoms. The molecule has 6 heteroatoms. The Kier molecular flexibility index (Phi) is 4.37. The Hall–Kier alpha value is -2.21. The molecule has 0 radical (unpaired) electrons. The third-order valence-corrected chi connectivity index (χ3v) is 3.05. The van der Waals surface area contributed by atoms with Crippen molar-refractivity contribution in [2.75, 3.05) is 13.1 Å². The van der Waals surface area contributed by atoms with Gasteiger partial charge in [0.15, 0.2) is 0 Å². The van der Waals surface area contributed by atoms with Crippen LogP contribution in [0.3, 0.4) is 0 Å². The predicted octanol–water partition coefficient (Wildman–Crippen LogP) is 1.50. The number of aromatic nitrogens is 3. The number of nitrogens with zero attached hydrogens (tertiary/aromatic N) is 4. The second kappa shape index (κ2) is 6.05. The highest BCUT2D eigenvalue weighted by Gasteiger charge is 2.22. The maximum absolute atomic E-state index is 12.4. The molecule has 0 aliphatic rings. The van der Waals surface area contributed by atoms with Gasteiger partial charge in [0.1, 0.15) is 0 Å². The maximum atomic E-state index is 12.4. The Labute approximate surface area is 124 Å². The van der Waals surface area contributed by atoms with Crippen LogP contribution in [0, 0.1) is 0 Å². The van der Waals surface area contributed by atoms with E-state index in [0.29, 0.717) is 18.7 Å². The second-order valence-electron chi connectivity index (χ2n) is 5.53. The Bertz CT molecular complexity index is 585. The van der Waals surface area contributed by atoms with Crippen molar-refractivity contribution in [1.29, 1.82) is 0 Å².